The van der Waals surface area contributed by atoms with Crippen LogP contribution in [0.15, 0.2) is 72.8 Å². The third-order valence-corrected chi connectivity index (χ3v) is 4.76. The molecule has 1 aliphatic heterocycles. The smallest absolute Gasteiger partial charge is 0.244 e. The number of amides is 1. The first-order chi connectivity index (χ1) is 14.6. The van der Waals surface area contributed by atoms with E-state index < -0.39 is 6.04 Å². The predicted octanol–water partition coefficient (Wildman–Crippen LogP) is 4.48. The number of benzene rings is 3. The summed E-state index contributed by atoms with van der Waals surface area (Å²) in [6, 6.07) is 18.5. The van der Waals surface area contributed by atoms with Crippen molar-refractivity contribution in [3.63, 3.8) is 0 Å². The Bertz CT molecular complexity index is 1060. The van der Waals surface area contributed by atoms with E-state index in [4.69, 9.17) is 14.2 Å². The van der Waals surface area contributed by atoms with Gasteiger partial charge in [-0.3, -0.25) is 4.79 Å². The van der Waals surface area contributed by atoms with Crippen LogP contribution in [0.25, 0.3) is 6.08 Å². The monoisotopic (exact) mass is 405 g/mol. The highest BCUT2D eigenvalue weighted by molar-refractivity contribution is 5.92. The molecule has 0 spiro atoms. The minimum Gasteiger partial charge on any atom is -0.497 e. The van der Waals surface area contributed by atoms with Crippen molar-refractivity contribution in [2.24, 2.45) is 0 Å². The van der Waals surface area contributed by atoms with Gasteiger partial charge in [-0.15, -0.1) is 0 Å². The van der Waals surface area contributed by atoms with Crippen LogP contribution in [0.4, 0.5) is 4.39 Å². The fourth-order valence-corrected chi connectivity index (χ4v) is 3.19. The average Bonchev–Trinajstić information content (AvgIpc) is 3.25. The first-order valence-corrected chi connectivity index (χ1v) is 9.40. The second kappa shape index (κ2) is 8.69. The summed E-state index contributed by atoms with van der Waals surface area (Å²) in [5.74, 6) is 1.44. The van der Waals surface area contributed by atoms with Gasteiger partial charge in [-0.2, -0.15) is 0 Å². The number of rotatable bonds is 6. The summed E-state index contributed by atoms with van der Waals surface area (Å²) in [5, 5.41) is 2.98. The van der Waals surface area contributed by atoms with Crippen LogP contribution in [-0.2, 0) is 4.79 Å². The summed E-state index contributed by atoms with van der Waals surface area (Å²) in [5.41, 5.74) is 2.44. The van der Waals surface area contributed by atoms with E-state index in [1.807, 2.05) is 36.4 Å². The van der Waals surface area contributed by atoms with Gasteiger partial charge in [-0.1, -0.05) is 30.3 Å². The number of methoxy groups -OCH3 is 1. The van der Waals surface area contributed by atoms with Crippen LogP contribution < -0.4 is 19.5 Å². The zero-order valence-corrected chi connectivity index (χ0v) is 16.3. The van der Waals surface area contributed by atoms with Crippen LogP contribution in [-0.4, -0.2) is 19.8 Å². The summed E-state index contributed by atoms with van der Waals surface area (Å²) in [4.78, 5) is 12.6. The van der Waals surface area contributed by atoms with Gasteiger partial charge in [0.1, 0.15) is 11.6 Å². The Morgan fingerprint density at radius 2 is 1.67 bits per heavy atom. The van der Waals surface area contributed by atoms with Gasteiger partial charge in [0.05, 0.1) is 13.2 Å². The summed E-state index contributed by atoms with van der Waals surface area (Å²) < 4.78 is 29.2. The molecule has 0 radical (unpaired) electrons. The SMILES string of the molecule is COc1ccc(C(NC(=O)/C=C/c2ccc3c(c2)OCO3)c2ccc(F)cc2)cc1. The molecule has 0 fully saturated rings. The van der Waals surface area contributed by atoms with Crippen molar-refractivity contribution in [3.05, 3.63) is 95.3 Å². The first kappa shape index (κ1) is 19.5. The van der Waals surface area contributed by atoms with Gasteiger partial charge in [-0.25, -0.2) is 4.39 Å². The lowest BCUT2D eigenvalue weighted by atomic mass is 9.98. The van der Waals surface area contributed by atoms with Crippen molar-refractivity contribution in [3.8, 4) is 17.2 Å². The normalized spacial score (nSPS) is 13.3. The molecule has 0 bridgehead atoms. The predicted molar refractivity (Wildman–Crippen MR) is 111 cm³/mol. The second-order valence-corrected chi connectivity index (χ2v) is 6.71. The fourth-order valence-electron chi connectivity index (χ4n) is 3.19. The Kier molecular flexibility index (Phi) is 5.66. The number of carbonyl (C=O) groups excluding carboxylic acids is 1. The maximum atomic E-state index is 13.4. The van der Waals surface area contributed by atoms with Crippen molar-refractivity contribution in [1.29, 1.82) is 0 Å². The van der Waals surface area contributed by atoms with Gasteiger partial charge < -0.3 is 19.5 Å². The van der Waals surface area contributed by atoms with Crippen molar-refractivity contribution >= 4 is 12.0 Å². The van der Waals surface area contributed by atoms with Crippen LogP contribution >= 0.6 is 0 Å². The maximum absolute atomic E-state index is 13.4. The van der Waals surface area contributed by atoms with Gasteiger partial charge >= 0.3 is 0 Å². The number of halogens is 1. The van der Waals surface area contributed by atoms with Gasteiger partial charge in [0.2, 0.25) is 12.7 Å². The maximum Gasteiger partial charge on any atom is 0.244 e. The Balaban J connectivity index is 1.54. The van der Waals surface area contributed by atoms with E-state index in [1.165, 1.54) is 18.2 Å². The van der Waals surface area contributed by atoms with E-state index in [2.05, 4.69) is 5.32 Å². The van der Waals surface area contributed by atoms with E-state index in [9.17, 15) is 9.18 Å². The molecule has 0 saturated heterocycles. The number of ether oxygens (including phenoxy) is 3. The van der Waals surface area contributed by atoms with Crippen LogP contribution in [0.3, 0.4) is 0 Å². The zero-order valence-electron chi connectivity index (χ0n) is 16.3. The summed E-state index contributed by atoms with van der Waals surface area (Å²) in [6.45, 7) is 0.199. The lowest BCUT2D eigenvalue weighted by Crippen LogP contribution is -2.27. The molecular formula is C24H20FNO4. The zero-order chi connectivity index (χ0) is 20.9. The average molecular weight is 405 g/mol. The quantitative estimate of drug-likeness (QED) is 0.615. The highest BCUT2D eigenvalue weighted by atomic mass is 19.1. The van der Waals surface area contributed by atoms with Gasteiger partial charge in [-0.05, 0) is 59.2 Å². The number of hydrogen-bond acceptors (Lipinski definition) is 4. The molecule has 1 unspecified atom stereocenters. The number of carbonyl (C=O) groups is 1. The molecular weight excluding hydrogens is 385 g/mol. The molecule has 0 aromatic heterocycles. The van der Waals surface area contributed by atoms with Crippen LogP contribution in [0.1, 0.15) is 22.7 Å². The fraction of sp³-hybridized carbons (Fsp3) is 0.125. The van der Waals surface area contributed by atoms with E-state index in [0.717, 1.165) is 16.7 Å². The van der Waals surface area contributed by atoms with E-state index in [0.29, 0.717) is 17.2 Å². The molecule has 1 amide bonds. The van der Waals surface area contributed by atoms with Crippen molar-refractivity contribution < 1.29 is 23.4 Å². The second-order valence-electron chi connectivity index (χ2n) is 6.71. The highest BCUT2D eigenvalue weighted by Crippen LogP contribution is 2.32. The number of hydrogen-bond donors (Lipinski definition) is 1. The third kappa shape index (κ3) is 4.43. The Morgan fingerprint density at radius 1 is 1.00 bits per heavy atom. The van der Waals surface area contributed by atoms with Crippen molar-refractivity contribution in [2.45, 2.75) is 6.04 Å². The molecule has 0 saturated carbocycles. The molecule has 3 aromatic carbocycles. The van der Waals surface area contributed by atoms with Crippen molar-refractivity contribution in [1.82, 2.24) is 5.32 Å². The molecule has 30 heavy (non-hydrogen) atoms. The minimum atomic E-state index is -0.439. The molecule has 6 heteroatoms. The third-order valence-electron chi connectivity index (χ3n) is 4.76. The minimum absolute atomic E-state index is 0.199. The molecule has 1 aliphatic rings. The molecule has 1 atom stereocenters. The van der Waals surface area contributed by atoms with Gasteiger partial charge in [0, 0.05) is 6.08 Å². The molecule has 0 aliphatic carbocycles. The molecule has 152 valence electrons. The van der Waals surface area contributed by atoms with E-state index >= 15 is 0 Å². The Hall–Kier alpha value is -3.80. The molecule has 1 N–H and O–H groups in total. The lowest BCUT2D eigenvalue weighted by Gasteiger charge is -2.19. The van der Waals surface area contributed by atoms with E-state index in [1.54, 1.807) is 31.4 Å². The van der Waals surface area contributed by atoms with Crippen LogP contribution in [0, 0.1) is 5.82 Å². The van der Waals surface area contributed by atoms with Crippen LogP contribution in [0.5, 0.6) is 17.2 Å². The number of fused-ring (bicyclic) bond motifs is 1. The van der Waals surface area contributed by atoms with E-state index in [-0.39, 0.29) is 18.5 Å². The summed E-state index contributed by atoms with van der Waals surface area (Å²) in [6.07, 6.45) is 3.16. The summed E-state index contributed by atoms with van der Waals surface area (Å²) in [7, 11) is 1.59. The Morgan fingerprint density at radius 3 is 2.37 bits per heavy atom. The van der Waals surface area contributed by atoms with Crippen molar-refractivity contribution in [2.75, 3.05) is 13.9 Å². The topological polar surface area (TPSA) is 56.8 Å². The lowest BCUT2D eigenvalue weighted by molar-refractivity contribution is -0.116. The highest BCUT2D eigenvalue weighted by Gasteiger charge is 2.17. The Labute approximate surface area is 173 Å². The van der Waals surface area contributed by atoms with Gasteiger partial charge in [0.15, 0.2) is 11.5 Å². The van der Waals surface area contributed by atoms with Gasteiger partial charge in [0.25, 0.3) is 0 Å². The molecule has 4 rings (SSSR count). The first-order valence-electron chi connectivity index (χ1n) is 9.40. The standard InChI is InChI=1S/C24H20FNO4/c1-28-20-10-6-18(7-11-20)24(17-4-8-19(25)9-5-17)26-23(27)13-3-16-2-12-21-22(14-16)30-15-29-21/h2-14,24H,15H2,1H3,(H,26,27)/b13-3+. The molecule has 1 heterocycles. The molecule has 5 nitrogen and oxygen atoms in total. The number of nitrogens with one attached hydrogen (secondary N) is 1. The summed E-state index contributed by atoms with van der Waals surface area (Å²) >= 11 is 0. The van der Waals surface area contributed by atoms with Crippen LogP contribution in [0.2, 0.25) is 0 Å². The molecule has 3 aromatic rings. The largest absolute Gasteiger partial charge is 0.497 e.